The van der Waals surface area contributed by atoms with Crippen LogP contribution in [0.1, 0.15) is 15.9 Å². The first kappa shape index (κ1) is 12.8. The summed E-state index contributed by atoms with van der Waals surface area (Å²) in [7, 11) is 1.34. The third-order valence-electron chi connectivity index (χ3n) is 2.26. The van der Waals surface area contributed by atoms with E-state index in [0.717, 1.165) is 9.90 Å². The lowest BCUT2D eigenvalue weighted by atomic mass is 10.1. The van der Waals surface area contributed by atoms with Crippen molar-refractivity contribution in [1.29, 1.82) is 0 Å². The summed E-state index contributed by atoms with van der Waals surface area (Å²) >= 11 is 2.97. The van der Waals surface area contributed by atoms with Gasteiger partial charge in [-0.05, 0) is 11.6 Å². The van der Waals surface area contributed by atoms with E-state index in [4.69, 9.17) is 10.5 Å². The molecule has 0 aliphatic rings. The SMILES string of the molecule is COC(=O)c1c(N)cccc1CSc1nncs1. The van der Waals surface area contributed by atoms with Gasteiger partial charge in [-0.3, -0.25) is 0 Å². The van der Waals surface area contributed by atoms with E-state index in [1.165, 1.54) is 30.2 Å². The lowest BCUT2D eigenvalue weighted by Crippen LogP contribution is -2.09. The van der Waals surface area contributed by atoms with Gasteiger partial charge in [-0.25, -0.2) is 4.79 Å². The van der Waals surface area contributed by atoms with Crippen LogP contribution in [0.2, 0.25) is 0 Å². The highest BCUT2D eigenvalue weighted by Crippen LogP contribution is 2.27. The van der Waals surface area contributed by atoms with Crippen molar-refractivity contribution in [2.24, 2.45) is 0 Å². The molecule has 18 heavy (non-hydrogen) atoms. The van der Waals surface area contributed by atoms with Gasteiger partial charge in [-0.1, -0.05) is 35.2 Å². The van der Waals surface area contributed by atoms with Crippen molar-refractivity contribution in [3.05, 3.63) is 34.8 Å². The molecule has 0 amide bonds. The molecule has 1 aromatic carbocycles. The summed E-state index contributed by atoms with van der Waals surface area (Å²) in [6.07, 6.45) is 0. The number of nitrogens with two attached hydrogens (primary N) is 1. The lowest BCUT2D eigenvalue weighted by Gasteiger charge is -2.09. The number of carbonyl (C=O) groups excluding carboxylic acids is 1. The van der Waals surface area contributed by atoms with E-state index < -0.39 is 5.97 Å². The predicted molar refractivity (Wildman–Crippen MR) is 71.7 cm³/mol. The second-order valence-electron chi connectivity index (χ2n) is 3.37. The molecule has 0 fully saturated rings. The largest absolute Gasteiger partial charge is 0.465 e. The Bertz CT molecular complexity index is 543. The first-order valence-corrected chi connectivity index (χ1v) is 6.93. The van der Waals surface area contributed by atoms with Gasteiger partial charge in [0.15, 0.2) is 4.34 Å². The molecule has 1 aromatic heterocycles. The van der Waals surface area contributed by atoms with Crippen LogP contribution in [0.3, 0.4) is 0 Å². The molecule has 0 radical (unpaired) electrons. The highest BCUT2D eigenvalue weighted by Gasteiger charge is 2.15. The van der Waals surface area contributed by atoms with Crippen LogP contribution < -0.4 is 5.73 Å². The number of hydrogen-bond donors (Lipinski definition) is 1. The van der Waals surface area contributed by atoms with Crippen LogP contribution in [0, 0.1) is 0 Å². The van der Waals surface area contributed by atoms with Crippen LogP contribution in [-0.2, 0) is 10.5 Å². The monoisotopic (exact) mass is 281 g/mol. The first-order chi connectivity index (χ1) is 8.72. The van der Waals surface area contributed by atoms with Crippen molar-refractivity contribution >= 4 is 34.8 Å². The minimum Gasteiger partial charge on any atom is -0.465 e. The average molecular weight is 281 g/mol. The number of ether oxygens (including phenoxy) is 1. The maximum atomic E-state index is 11.7. The molecule has 0 saturated heterocycles. The van der Waals surface area contributed by atoms with Crippen LogP contribution in [-0.4, -0.2) is 23.3 Å². The summed E-state index contributed by atoms with van der Waals surface area (Å²) in [4.78, 5) is 11.7. The van der Waals surface area contributed by atoms with Crippen molar-refractivity contribution in [3.8, 4) is 0 Å². The molecule has 0 aliphatic heterocycles. The molecule has 2 rings (SSSR count). The molecule has 0 aliphatic carbocycles. The third kappa shape index (κ3) is 2.80. The number of methoxy groups -OCH3 is 1. The van der Waals surface area contributed by atoms with Crippen molar-refractivity contribution < 1.29 is 9.53 Å². The average Bonchev–Trinajstić information content (AvgIpc) is 2.88. The fourth-order valence-electron chi connectivity index (χ4n) is 1.46. The molecule has 1 heterocycles. The normalized spacial score (nSPS) is 10.3. The van der Waals surface area contributed by atoms with Crippen LogP contribution >= 0.6 is 23.1 Å². The third-order valence-corrected chi connectivity index (χ3v) is 4.17. The summed E-state index contributed by atoms with van der Waals surface area (Å²) in [5, 5.41) is 7.69. The Morgan fingerprint density at radius 3 is 3.06 bits per heavy atom. The molecule has 2 N–H and O–H groups in total. The quantitative estimate of drug-likeness (QED) is 0.526. The van der Waals surface area contributed by atoms with Crippen molar-refractivity contribution in [2.45, 2.75) is 10.1 Å². The summed E-state index contributed by atoms with van der Waals surface area (Å²) < 4.78 is 5.60. The number of thioether (sulfide) groups is 1. The Kier molecular flexibility index (Phi) is 4.16. The molecule has 0 unspecified atom stereocenters. The molecule has 94 valence electrons. The molecule has 2 aromatic rings. The Hall–Kier alpha value is -1.60. The smallest absolute Gasteiger partial charge is 0.340 e. The van der Waals surface area contributed by atoms with E-state index in [9.17, 15) is 4.79 Å². The fraction of sp³-hybridized carbons (Fsp3) is 0.182. The number of nitrogens with zero attached hydrogens (tertiary/aromatic N) is 2. The van der Waals surface area contributed by atoms with Crippen molar-refractivity contribution in [3.63, 3.8) is 0 Å². The minimum atomic E-state index is -0.416. The van der Waals surface area contributed by atoms with Crippen molar-refractivity contribution in [2.75, 3.05) is 12.8 Å². The second kappa shape index (κ2) is 5.83. The number of benzene rings is 1. The van der Waals surface area contributed by atoms with Gasteiger partial charge in [0.2, 0.25) is 0 Å². The number of carbonyl (C=O) groups is 1. The molecular formula is C11H11N3O2S2. The maximum Gasteiger partial charge on any atom is 0.340 e. The molecular weight excluding hydrogens is 270 g/mol. The number of nitrogen functional groups attached to an aromatic ring is 1. The van der Waals surface area contributed by atoms with Gasteiger partial charge in [0.05, 0.1) is 12.7 Å². The zero-order chi connectivity index (χ0) is 13.0. The standard InChI is InChI=1S/C11H11N3O2S2/c1-16-10(15)9-7(3-2-4-8(9)12)5-17-11-14-13-6-18-11/h2-4,6H,5,12H2,1H3. The van der Waals surface area contributed by atoms with Gasteiger partial charge in [-0.15, -0.1) is 10.2 Å². The summed E-state index contributed by atoms with van der Waals surface area (Å²) in [6, 6.07) is 5.36. The zero-order valence-electron chi connectivity index (χ0n) is 9.62. The molecule has 5 nitrogen and oxygen atoms in total. The maximum absolute atomic E-state index is 11.7. The van der Waals surface area contributed by atoms with E-state index in [-0.39, 0.29) is 0 Å². The van der Waals surface area contributed by atoms with Gasteiger partial charge in [0, 0.05) is 11.4 Å². The zero-order valence-corrected chi connectivity index (χ0v) is 11.3. The number of anilines is 1. The molecule has 0 bridgehead atoms. The molecule has 0 spiro atoms. The Labute approximate surface area is 112 Å². The number of aromatic nitrogens is 2. The summed E-state index contributed by atoms with van der Waals surface area (Å²) in [5.74, 6) is 0.186. The second-order valence-corrected chi connectivity index (χ2v) is 5.42. The van der Waals surface area contributed by atoms with E-state index in [1.807, 2.05) is 12.1 Å². The van der Waals surface area contributed by atoms with Gasteiger partial charge >= 0.3 is 5.97 Å². The van der Waals surface area contributed by atoms with E-state index in [1.54, 1.807) is 11.6 Å². The van der Waals surface area contributed by atoms with Crippen molar-refractivity contribution in [1.82, 2.24) is 10.2 Å². The molecule has 7 heteroatoms. The number of rotatable bonds is 4. The molecule has 0 atom stereocenters. The minimum absolute atomic E-state index is 0.416. The topological polar surface area (TPSA) is 78.1 Å². The predicted octanol–water partition coefficient (Wildman–Crippen LogP) is 2.20. The van der Waals surface area contributed by atoms with E-state index in [0.29, 0.717) is 17.0 Å². The first-order valence-electron chi connectivity index (χ1n) is 5.07. The summed E-state index contributed by atoms with van der Waals surface area (Å²) in [6.45, 7) is 0. The van der Waals surface area contributed by atoms with Crippen LogP contribution in [0.4, 0.5) is 5.69 Å². The van der Waals surface area contributed by atoms with Crippen LogP contribution in [0.5, 0.6) is 0 Å². The lowest BCUT2D eigenvalue weighted by molar-refractivity contribution is 0.0601. The highest BCUT2D eigenvalue weighted by molar-refractivity contribution is 8.00. The Balaban J connectivity index is 2.21. The number of hydrogen-bond acceptors (Lipinski definition) is 7. The van der Waals surface area contributed by atoms with Gasteiger partial charge in [-0.2, -0.15) is 0 Å². The Morgan fingerprint density at radius 1 is 1.56 bits per heavy atom. The highest BCUT2D eigenvalue weighted by atomic mass is 32.2. The Morgan fingerprint density at radius 2 is 2.39 bits per heavy atom. The van der Waals surface area contributed by atoms with E-state index in [2.05, 4.69) is 10.2 Å². The molecule has 0 saturated carbocycles. The van der Waals surface area contributed by atoms with Crippen LogP contribution in [0.15, 0.2) is 28.0 Å². The van der Waals surface area contributed by atoms with Crippen LogP contribution in [0.25, 0.3) is 0 Å². The van der Waals surface area contributed by atoms with E-state index >= 15 is 0 Å². The summed E-state index contributed by atoms with van der Waals surface area (Å²) in [5.41, 5.74) is 9.17. The van der Waals surface area contributed by atoms with Gasteiger partial charge in [0.25, 0.3) is 0 Å². The van der Waals surface area contributed by atoms with Gasteiger partial charge < -0.3 is 10.5 Å². The fourth-order valence-corrected chi connectivity index (χ4v) is 2.94. The number of esters is 1. The van der Waals surface area contributed by atoms with Gasteiger partial charge in [0.1, 0.15) is 5.51 Å².